The van der Waals surface area contributed by atoms with Gasteiger partial charge in [-0.25, -0.2) is 8.42 Å². The highest BCUT2D eigenvalue weighted by Gasteiger charge is 2.37. The first-order valence-electron chi connectivity index (χ1n) is 12.4. The second-order valence-electron chi connectivity index (χ2n) is 9.28. The van der Waals surface area contributed by atoms with E-state index in [0.717, 1.165) is 22.0 Å². The van der Waals surface area contributed by atoms with E-state index in [1.54, 1.807) is 24.3 Å². The van der Waals surface area contributed by atoms with Crippen LogP contribution in [0, 0.1) is 0 Å². The lowest BCUT2D eigenvalue weighted by Crippen LogP contribution is -2.48. The molecule has 3 aromatic rings. The molecule has 4 rings (SSSR count). The van der Waals surface area contributed by atoms with Crippen LogP contribution >= 0.6 is 0 Å². The molecule has 39 heavy (non-hydrogen) atoms. The zero-order valence-corrected chi connectivity index (χ0v) is 21.8. The van der Waals surface area contributed by atoms with Crippen molar-refractivity contribution in [1.29, 1.82) is 0 Å². The van der Waals surface area contributed by atoms with Crippen LogP contribution in [0.2, 0.25) is 0 Å². The summed E-state index contributed by atoms with van der Waals surface area (Å²) in [6.45, 7) is 0.237. The predicted molar refractivity (Wildman–Crippen MR) is 140 cm³/mol. The molecule has 7 nitrogen and oxygen atoms in total. The molecule has 0 aromatic heterocycles. The minimum atomic E-state index is -4.61. The first-order chi connectivity index (χ1) is 18.5. The highest BCUT2D eigenvalue weighted by atomic mass is 32.2. The monoisotopic (exact) mass is 559 g/mol. The Hall–Kier alpha value is -3.70. The van der Waals surface area contributed by atoms with E-state index in [9.17, 15) is 31.2 Å². The summed E-state index contributed by atoms with van der Waals surface area (Å²) in [5.74, 6) is -0.664. The van der Waals surface area contributed by atoms with Gasteiger partial charge in [0.25, 0.3) is 0 Å². The van der Waals surface area contributed by atoms with Crippen molar-refractivity contribution in [2.45, 2.75) is 49.3 Å². The lowest BCUT2D eigenvalue weighted by atomic mass is 10.1. The van der Waals surface area contributed by atoms with Gasteiger partial charge in [0, 0.05) is 18.8 Å². The Morgan fingerprint density at radius 3 is 2.23 bits per heavy atom. The average Bonchev–Trinajstić information content (AvgIpc) is 3.12. The first kappa shape index (κ1) is 28.3. The number of hydrogen-bond donors (Lipinski definition) is 2. The van der Waals surface area contributed by atoms with Gasteiger partial charge in [0.15, 0.2) is 0 Å². The van der Waals surface area contributed by atoms with Crippen LogP contribution in [0.15, 0.2) is 83.8 Å². The van der Waals surface area contributed by atoms with E-state index >= 15 is 0 Å². The normalized spacial score (nSPS) is 16.4. The molecule has 3 aromatic carbocycles. The zero-order valence-electron chi connectivity index (χ0n) is 20.9. The molecule has 0 radical (unpaired) electrons. The van der Waals surface area contributed by atoms with Crippen molar-refractivity contribution in [3.05, 3.63) is 95.6 Å². The van der Waals surface area contributed by atoms with E-state index in [0.29, 0.717) is 42.8 Å². The summed E-state index contributed by atoms with van der Waals surface area (Å²) in [4.78, 5) is 24.9. The van der Waals surface area contributed by atoms with E-state index in [-0.39, 0.29) is 30.2 Å². The average molecular weight is 560 g/mol. The number of halogens is 3. The topological polar surface area (TPSA) is 95.6 Å². The number of carbonyl (C=O) groups excluding carboxylic acids is 2. The summed E-state index contributed by atoms with van der Waals surface area (Å²) in [7, 11) is -4.34. The largest absolute Gasteiger partial charge is 0.416 e. The van der Waals surface area contributed by atoms with Crippen LogP contribution in [0.25, 0.3) is 0 Å². The van der Waals surface area contributed by atoms with Crippen molar-refractivity contribution < 1.29 is 31.2 Å². The number of hydrogen-bond acceptors (Lipinski definition) is 4. The second-order valence-corrected chi connectivity index (χ2v) is 11.2. The molecule has 1 heterocycles. The Morgan fingerprint density at radius 1 is 0.923 bits per heavy atom. The third-order valence-corrected chi connectivity index (χ3v) is 8.29. The Balaban J connectivity index is 1.56. The number of benzene rings is 3. The van der Waals surface area contributed by atoms with Crippen LogP contribution in [0.3, 0.4) is 0 Å². The summed E-state index contributed by atoms with van der Waals surface area (Å²) < 4.78 is 67.4. The van der Waals surface area contributed by atoms with Crippen molar-refractivity contribution in [2.75, 3.05) is 11.9 Å². The highest BCUT2D eigenvalue weighted by Crippen LogP contribution is 2.31. The number of rotatable bonds is 8. The number of nitrogens with one attached hydrogen (secondary N) is 2. The van der Waals surface area contributed by atoms with Gasteiger partial charge in [0.1, 0.15) is 6.04 Å². The summed E-state index contributed by atoms with van der Waals surface area (Å²) >= 11 is 0. The molecule has 1 saturated heterocycles. The molecule has 1 atom stereocenters. The molecule has 2 N–H and O–H groups in total. The first-order valence-corrected chi connectivity index (χ1v) is 13.9. The van der Waals surface area contributed by atoms with Crippen molar-refractivity contribution in [3.8, 4) is 0 Å². The molecule has 1 unspecified atom stereocenters. The smallest absolute Gasteiger partial charge is 0.355 e. The molecule has 11 heteroatoms. The van der Waals surface area contributed by atoms with Crippen molar-refractivity contribution in [2.24, 2.45) is 0 Å². The molecule has 0 spiro atoms. The summed E-state index contributed by atoms with van der Waals surface area (Å²) in [6, 6.07) is 18.0. The van der Waals surface area contributed by atoms with Crippen molar-refractivity contribution >= 4 is 27.5 Å². The quantitative estimate of drug-likeness (QED) is 0.417. The molecule has 0 bridgehead atoms. The number of amides is 2. The van der Waals surface area contributed by atoms with E-state index < -0.39 is 33.7 Å². The molecule has 0 saturated carbocycles. The van der Waals surface area contributed by atoms with Gasteiger partial charge in [-0.2, -0.15) is 17.5 Å². The van der Waals surface area contributed by atoms with E-state index in [2.05, 4.69) is 10.6 Å². The van der Waals surface area contributed by atoms with Crippen LogP contribution in [0.5, 0.6) is 0 Å². The van der Waals surface area contributed by atoms with Crippen LogP contribution in [-0.2, 0) is 38.8 Å². The van der Waals surface area contributed by atoms with Gasteiger partial charge >= 0.3 is 6.18 Å². The van der Waals surface area contributed by atoms with Gasteiger partial charge in [-0.1, -0.05) is 42.5 Å². The second kappa shape index (κ2) is 12.0. The fourth-order valence-corrected chi connectivity index (χ4v) is 5.98. The third-order valence-electron chi connectivity index (χ3n) is 6.43. The van der Waals surface area contributed by atoms with E-state index in [1.165, 1.54) is 0 Å². The van der Waals surface area contributed by atoms with Gasteiger partial charge in [-0.3, -0.25) is 9.59 Å². The zero-order chi connectivity index (χ0) is 28.0. The Labute approximate surface area is 225 Å². The minimum Gasteiger partial charge on any atom is -0.355 e. The fourth-order valence-electron chi connectivity index (χ4n) is 4.37. The maximum absolute atomic E-state index is 13.6. The maximum Gasteiger partial charge on any atom is 0.416 e. The van der Waals surface area contributed by atoms with Gasteiger partial charge in [-0.05, 0) is 66.8 Å². The highest BCUT2D eigenvalue weighted by molar-refractivity contribution is 7.89. The van der Waals surface area contributed by atoms with Crippen molar-refractivity contribution in [3.63, 3.8) is 0 Å². The van der Waals surface area contributed by atoms with Crippen LogP contribution < -0.4 is 10.6 Å². The standard InChI is InChI=1S/C28H28F3N3O4S/c29-28(30,31)22-11-15-24(16-12-22)39(37,38)34(25-8-4-5-17-32-27(25)36)19-21-9-13-23(14-10-21)33-26(35)18-20-6-2-1-3-7-20/h1-3,6-7,9-16,25H,4-5,8,17-19H2,(H,32,36)(H,33,35). The van der Waals surface area contributed by atoms with E-state index in [1.807, 2.05) is 30.3 Å². The summed E-state index contributed by atoms with van der Waals surface area (Å²) in [5.41, 5.74) is 0.954. The van der Waals surface area contributed by atoms with Crippen LogP contribution in [0.1, 0.15) is 36.0 Å². The molecule has 1 aliphatic rings. The molecule has 1 aliphatic heterocycles. The number of carbonyl (C=O) groups is 2. The Bertz CT molecular complexity index is 1390. The fraction of sp³-hybridized carbons (Fsp3) is 0.286. The van der Waals surface area contributed by atoms with Crippen LogP contribution in [-0.4, -0.2) is 37.1 Å². The molecule has 2 amide bonds. The van der Waals surface area contributed by atoms with Gasteiger partial charge in [-0.15, -0.1) is 0 Å². The molecule has 1 fully saturated rings. The van der Waals surface area contributed by atoms with Gasteiger partial charge in [0.2, 0.25) is 21.8 Å². The molecular formula is C28H28F3N3O4S. The lowest BCUT2D eigenvalue weighted by molar-refractivity contribution is -0.137. The minimum absolute atomic E-state index is 0.181. The molecular weight excluding hydrogens is 531 g/mol. The maximum atomic E-state index is 13.6. The summed E-state index contributed by atoms with van der Waals surface area (Å²) in [6.07, 6.45) is -2.85. The third kappa shape index (κ3) is 7.24. The van der Waals surface area contributed by atoms with Gasteiger partial charge in [0.05, 0.1) is 16.9 Å². The van der Waals surface area contributed by atoms with E-state index in [4.69, 9.17) is 0 Å². The van der Waals surface area contributed by atoms with Crippen molar-refractivity contribution in [1.82, 2.24) is 9.62 Å². The lowest BCUT2D eigenvalue weighted by Gasteiger charge is -2.29. The molecule has 206 valence electrons. The molecule has 0 aliphatic carbocycles. The number of sulfonamides is 1. The number of alkyl halides is 3. The van der Waals surface area contributed by atoms with Gasteiger partial charge < -0.3 is 10.6 Å². The number of nitrogens with zero attached hydrogens (tertiary/aromatic N) is 1. The predicted octanol–water partition coefficient (Wildman–Crippen LogP) is 4.75. The Morgan fingerprint density at radius 2 is 1.59 bits per heavy atom. The SMILES string of the molecule is O=C(Cc1ccccc1)Nc1ccc(CN(C2CCCCNC2=O)S(=O)(=O)c2ccc(C(F)(F)F)cc2)cc1. The number of anilines is 1. The van der Waals surface area contributed by atoms with Crippen LogP contribution in [0.4, 0.5) is 18.9 Å². The Kier molecular flexibility index (Phi) is 8.71. The summed E-state index contributed by atoms with van der Waals surface area (Å²) in [5, 5.41) is 5.52.